The van der Waals surface area contributed by atoms with Crippen LogP contribution < -0.4 is 4.84 Å². The van der Waals surface area contributed by atoms with Crippen LogP contribution in [0.1, 0.15) is 54.4 Å². The van der Waals surface area contributed by atoms with E-state index in [1.54, 1.807) is 5.06 Å². The summed E-state index contributed by atoms with van der Waals surface area (Å²) < 4.78 is 0. The first kappa shape index (κ1) is 18.5. The van der Waals surface area contributed by atoms with Crippen molar-refractivity contribution in [1.82, 2.24) is 5.06 Å². The molecule has 3 heteroatoms. The largest absolute Gasteiger partial charge is 0.376 e. The predicted molar refractivity (Wildman–Crippen MR) is 105 cm³/mol. The molecule has 0 aliphatic heterocycles. The van der Waals surface area contributed by atoms with Gasteiger partial charge in [0, 0.05) is 0 Å². The van der Waals surface area contributed by atoms with Gasteiger partial charge >= 0.3 is 0 Å². The molecule has 26 heavy (non-hydrogen) atoms. The molecule has 1 aliphatic carbocycles. The van der Waals surface area contributed by atoms with Crippen LogP contribution in [0.3, 0.4) is 0 Å². The molecule has 3 rings (SSSR count). The quantitative estimate of drug-likeness (QED) is 0.683. The fourth-order valence-electron chi connectivity index (χ4n) is 3.90. The van der Waals surface area contributed by atoms with Crippen LogP contribution in [0.15, 0.2) is 42.5 Å². The number of hydrogen-bond acceptors (Lipinski definition) is 2. The van der Waals surface area contributed by atoms with Gasteiger partial charge in [0.2, 0.25) is 0 Å². The van der Waals surface area contributed by atoms with E-state index < -0.39 is 0 Å². The summed E-state index contributed by atoms with van der Waals surface area (Å²) in [7, 11) is 0. The number of carbonyl (C=O) groups is 1. The summed E-state index contributed by atoms with van der Waals surface area (Å²) in [5, 5.41) is 1.68. The Morgan fingerprint density at radius 1 is 1.00 bits per heavy atom. The molecule has 2 aromatic carbocycles. The van der Waals surface area contributed by atoms with Crippen molar-refractivity contribution < 1.29 is 9.63 Å². The second kappa shape index (κ2) is 8.39. The van der Waals surface area contributed by atoms with E-state index in [9.17, 15) is 4.79 Å². The Morgan fingerprint density at radius 3 is 2.23 bits per heavy atom. The summed E-state index contributed by atoms with van der Waals surface area (Å²) in [6.45, 7) is 6.19. The van der Waals surface area contributed by atoms with Gasteiger partial charge in [-0.3, -0.25) is 4.79 Å². The molecule has 0 saturated heterocycles. The Labute approximate surface area is 156 Å². The van der Waals surface area contributed by atoms with Gasteiger partial charge in [-0.15, -0.1) is 0 Å². The highest BCUT2D eigenvalue weighted by molar-refractivity contribution is 5.78. The van der Waals surface area contributed by atoms with Crippen molar-refractivity contribution in [1.29, 1.82) is 0 Å². The molecule has 1 saturated carbocycles. The molecule has 0 unspecified atom stereocenters. The van der Waals surface area contributed by atoms with E-state index in [4.69, 9.17) is 4.84 Å². The van der Waals surface area contributed by atoms with Gasteiger partial charge in [-0.25, -0.2) is 0 Å². The lowest BCUT2D eigenvalue weighted by Crippen LogP contribution is -2.44. The Morgan fingerprint density at radius 2 is 1.62 bits per heavy atom. The third-order valence-corrected chi connectivity index (χ3v) is 5.14. The molecule has 1 aliphatic rings. The fraction of sp³-hybridized carbons (Fsp3) is 0.435. The first-order valence-electron chi connectivity index (χ1n) is 9.66. The molecule has 0 aromatic heterocycles. The molecule has 1 amide bonds. The molecule has 0 atom stereocenters. The molecule has 2 aromatic rings. The topological polar surface area (TPSA) is 29.5 Å². The molecular formula is C23H29NO2. The van der Waals surface area contributed by atoms with Gasteiger partial charge in [-0.1, -0.05) is 67.3 Å². The van der Waals surface area contributed by atoms with Crippen LogP contribution in [0.25, 0.3) is 0 Å². The monoisotopic (exact) mass is 351 g/mol. The second-order valence-corrected chi connectivity index (χ2v) is 7.49. The molecule has 0 spiro atoms. The van der Waals surface area contributed by atoms with Crippen molar-refractivity contribution in [2.45, 2.75) is 65.3 Å². The van der Waals surface area contributed by atoms with Crippen LogP contribution in [0.2, 0.25) is 0 Å². The summed E-state index contributed by atoms with van der Waals surface area (Å²) in [6, 6.07) is 14.3. The lowest BCUT2D eigenvalue weighted by atomic mass is 9.95. The molecule has 0 heterocycles. The second-order valence-electron chi connectivity index (χ2n) is 7.49. The van der Waals surface area contributed by atoms with Crippen molar-refractivity contribution in [2.24, 2.45) is 0 Å². The highest BCUT2D eigenvalue weighted by Gasteiger charge is 2.28. The molecule has 1 fully saturated rings. The Kier molecular flexibility index (Phi) is 5.97. The van der Waals surface area contributed by atoms with Crippen LogP contribution in [0.5, 0.6) is 5.75 Å². The fourth-order valence-corrected chi connectivity index (χ4v) is 3.90. The standard InChI is InChI=1S/C23H29NO2/c1-17-14-18(2)23(19(3)15-17)26-24(21-12-8-5-9-13-21)22(25)16-20-10-6-4-7-11-20/h4,6-7,10-11,14-15,21H,5,8-9,12-13,16H2,1-3H3. The van der Waals surface area contributed by atoms with Gasteiger partial charge in [0.25, 0.3) is 5.91 Å². The van der Waals surface area contributed by atoms with Gasteiger partial charge in [-0.05, 0) is 50.3 Å². The van der Waals surface area contributed by atoms with Crippen LogP contribution in [0.4, 0.5) is 0 Å². The van der Waals surface area contributed by atoms with Crippen molar-refractivity contribution in [3.63, 3.8) is 0 Å². The van der Waals surface area contributed by atoms with E-state index in [0.717, 1.165) is 48.1 Å². The van der Waals surface area contributed by atoms with Crippen LogP contribution in [-0.4, -0.2) is 17.0 Å². The SMILES string of the molecule is Cc1cc(C)c(ON(C(=O)Cc2ccccc2)C2CCCCC2)c(C)c1. The van der Waals surface area contributed by atoms with Crippen molar-refractivity contribution in [3.05, 3.63) is 64.7 Å². The lowest BCUT2D eigenvalue weighted by molar-refractivity contribution is -0.167. The molecule has 138 valence electrons. The van der Waals surface area contributed by atoms with Crippen LogP contribution in [-0.2, 0) is 11.2 Å². The third-order valence-electron chi connectivity index (χ3n) is 5.14. The number of aryl methyl sites for hydroxylation is 3. The average molecular weight is 351 g/mol. The highest BCUT2D eigenvalue weighted by atomic mass is 16.7. The molecule has 0 N–H and O–H groups in total. The normalized spacial score (nSPS) is 14.9. The van der Waals surface area contributed by atoms with Crippen LogP contribution in [0, 0.1) is 20.8 Å². The minimum atomic E-state index is 0.0440. The van der Waals surface area contributed by atoms with Crippen molar-refractivity contribution in [2.75, 3.05) is 0 Å². The average Bonchev–Trinajstić information content (AvgIpc) is 2.62. The zero-order chi connectivity index (χ0) is 18.5. The maximum absolute atomic E-state index is 13.1. The first-order valence-corrected chi connectivity index (χ1v) is 9.66. The van der Waals surface area contributed by atoms with E-state index >= 15 is 0 Å². The number of benzene rings is 2. The van der Waals surface area contributed by atoms with Gasteiger partial charge < -0.3 is 4.84 Å². The Hall–Kier alpha value is -2.29. The molecule has 0 bridgehead atoms. The number of nitrogens with zero attached hydrogens (tertiary/aromatic N) is 1. The highest BCUT2D eigenvalue weighted by Crippen LogP contribution is 2.29. The first-order chi connectivity index (χ1) is 12.5. The van der Waals surface area contributed by atoms with Gasteiger partial charge in [-0.2, -0.15) is 5.06 Å². The number of rotatable bonds is 5. The van der Waals surface area contributed by atoms with Crippen molar-refractivity contribution in [3.8, 4) is 5.75 Å². The third kappa shape index (κ3) is 4.46. The lowest BCUT2D eigenvalue weighted by Gasteiger charge is -2.34. The van der Waals surface area contributed by atoms with Gasteiger partial charge in [0.05, 0.1) is 12.5 Å². The maximum Gasteiger partial charge on any atom is 0.259 e. The van der Waals surface area contributed by atoms with Gasteiger partial charge in [0.15, 0.2) is 5.75 Å². The maximum atomic E-state index is 13.1. The zero-order valence-electron chi connectivity index (χ0n) is 16.1. The number of hydroxylamine groups is 2. The van der Waals surface area contributed by atoms with E-state index in [1.807, 2.05) is 30.3 Å². The Bertz CT molecular complexity index is 725. The Balaban J connectivity index is 1.85. The summed E-state index contributed by atoms with van der Waals surface area (Å²) in [5.41, 5.74) is 4.40. The predicted octanol–water partition coefficient (Wildman–Crippen LogP) is 5.31. The number of amides is 1. The van der Waals surface area contributed by atoms with E-state index in [0.29, 0.717) is 6.42 Å². The minimum absolute atomic E-state index is 0.0440. The summed E-state index contributed by atoms with van der Waals surface area (Å²) in [5.74, 6) is 0.866. The van der Waals surface area contributed by atoms with E-state index in [2.05, 4.69) is 32.9 Å². The van der Waals surface area contributed by atoms with E-state index in [-0.39, 0.29) is 11.9 Å². The number of carbonyl (C=O) groups excluding carboxylic acids is 1. The van der Waals surface area contributed by atoms with Crippen molar-refractivity contribution >= 4 is 5.91 Å². The van der Waals surface area contributed by atoms with Crippen LogP contribution >= 0.6 is 0 Å². The summed E-state index contributed by atoms with van der Waals surface area (Å²) in [6.07, 6.45) is 5.99. The summed E-state index contributed by atoms with van der Waals surface area (Å²) in [4.78, 5) is 19.4. The number of hydrogen-bond donors (Lipinski definition) is 0. The zero-order valence-corrected chi connectivity index (χ0v) is 16.1. The molecule has 3 nitrogen and oxygen atoms in total. The van der Waals surface area contributed by atoms with Gasteiger partial charge in [0.1, 0.15) is 0 Å². The minimum Gasteiger partial charge on any atom is -0.376 e. The molecule has 0 radical (unpaired) electrons. The summed E-state index contributed by atoms with van der Waals surface area (Å²) >= 11 is 0. The molecular weight excluding hydrogens is 322 g/mol. The smallest absolute Gasteiger partial charge is 0.259 e. The van der Waals surface area contributed by atoms with E-state index in [1.165, 1.54) is 12.0 Å².